The number of carboxylic acid groups (broad SMARTS) is 1. The minimum atomic E-state index is -1.09. The maximum atomic E-state index is 11.7. The number of methoxy groups -OCH3 is 1. The number of rotatable bonds is 5. The smallest absolute Gasteiger partial charge is 0.314 e. The third-order valence-corrected chi connectivity index (χ3v) is 3.28. The van der Waals surface area contributed by atoms with Crippen LogP contribution in [0.3, 0.4) is 0 Å². The van der Waals surface area contributed by atoms with Gasteiger partial charge in [0, 0.05) is 12.0 Å². The van der Waals surface area contributed by atoms with Gasteiger partial charge in [-0.1, -0.05) is 18.2 Å². The number of carboxylic acids is 1. The molecule has 1 aromatic heterocycles. The van der Waals surface area contributed by atoms with Gasteiger partial charge in [-0.05, 0) is 25.1 Å². The highest BCUT2D eigenvalue weighted by atomic mass is 16.5. The zero-order chi connectivity index (χ0) is 13.9. The van der Waals surface area contributed by atoms with Gasteiger partial charge in [-0.2, -0.15) is 0 Å². The molecule has 100 valence electrons. The van der Waals surface area contributed by atoms with Gasteiger partial charge < -0.3 is 14.3 Å². The van der Waals surface area contributed by atoms with E-state index in [2.05, 4.69) is 0 Å². The largest absolute Gasteiger partial charge is 0.496 e. The lowest BCUT2D eigenvalue weighted by Gasteiger charge is -2.26. The number of para-hydroxylation sites is 1. The molecule has 2 aromatic rings. The SMILES string of the molecule is COc1ccccc1C(C)(Cc1ccco1)C(=O)O. The summed E-state index contributed by atoms with van der Waals surface area (Å²) in [5, 5.41) is 9.61. The Balaban J connectivity index is 2.47. The second kappa shape index (κ2) is 5.18. The molecule has 0 saturated carbocycles. The molecule has 0 fully saturated rings. The van der Waals surface area contributed by atoms with Crippen molar-refractivity contribution in [3.63, 3.8) is 0 Å². The van der Waals surface area contributed by atoms with E-state index in [1.807, 2.05) is 6.07 Å². The van der Waals surface area contributed by atoms with Crippen molar-refractivity contribution in [2.45, 2.75) is 18.8 Å². The van der Waals surface area contributed by atoms with Crippen LogP contribution in [0.4, 0.5) is 0 Å². The van der Waals surface area contributed by atoms with Gasteiger partial charge in [0.15, 0.2) is 0 Å². The molecule has 1 unspecified atom stereocenters. The van der Waals surface area contributed by atoms with Crippen LogP contribution in [0, 0.1) is 0 Å². The highest BCUT2D eigenvalue weighted by molar-refractivity contribution is 5.82. The Labute approximate surface area is 111 Å². The highest BCUT2D eigenvalue weighted by Crippen LogP contribution is 2.35. The Morgan fingerprint density at radius 1 is 1.32 bits per heavy atom. The zero-order valence-corrected chi connectivity index (χ0v) is 10.9. The molecule has 0 saturated heterocycles. The van der Waals surface area contributed by atoms with Gasteiger partial charge in [0.25, 0.3) is 0 Å². The second-order valence-corrected chi connectivity index (χ2v) is 4.59. The van der Waals surface area contributed by atoms with Crippen LogP contribution >= 0.6 is 0 Å². The monoisotopic (exact) mass is 260 g/mol. The summed E-state index contributed by atoms with van der Waals surface area (Å²) in [6.45, 7) is 1.68. The van der Waals surface area contributed by atoms with E-state index < -0.39 is 11.4 Å². The Kier molecular flexibility index (Phi) is 3.60. The van der Waals surface area contributed by atoms with Crippen LogP contribution in [0.25, 0.3) is 0 Å². The molecule has 0 radical (unpaired) electrons. The van der Waals surface area contributed by atoms with Crippen LogP contribution < -0.4 is 4.74 Å². The Morgan fingerprint density at radius 2 is 2.05 bits per heavy atom. The molecule has 0 bridgehead atoms. The molecule has 1 heterocycles. The predicted octanol–water partition coefficient (Wildman–Crippen LogP) is 2.87. The Bertz CT molecular complexity index is 559. The van der Waals surface area contributed by atoms with E-state index in [-0.39, 0.29) is 6.42 Å². The lowest BCUT2D eigenvalue weighted by atomic mass is 9.78. The summed E-state index contributed by atoms with van der Waals surface area (Å²) in [5.41, 5.74) is -0.453. The van der Waals surface area contributed by atoms with Crippen molar-refractivity contribution < 1.29 is 19.1 Å². The molecule has 0 aliphatic rings. The lowest BCUT2D eigenvalue weighted by Crippen LogP contribution is -2.35. The number of benzene rings is 1. The standard InChI is InChI=1S/C15H16O4/c1-15(14(16)17,10-11-6-5-9-19-11)12-7-3-4-8-13(12)18-2/h3-9H,10H2,1-2H3,(H,16,17). The van der Waals surface area contributed by atoms with Crippen LogP contribution in [-0.4, -0.2) is 18.2 Å². The lowest BCUT2D eigenvalue weighted by molar-refractivity contribution is -0.143. The average Bonchev–Trinajstić information content (AvgIpc) is 2.91. The molecule has 4 heteroatoms. The maximum absolute atomic E-state index is 11.7. The molecule has 2 rings (SSSR count). The number of ether oxygens (including phenoxy) is 1. The first-order valence-corrected chi connectivity index (χ1v) is 5.97. The van der Waals surface area contributed by atoms with Crippen molar-refractivity contribution in [3.05, 3.63) is 54.0 Å². The fourth-order valence-corrected chi connectivity index (χ4v) is 2.15. The molecule has 0 aliphatic heterocycles. The van der Waals surface area contributed by atoms with Crippen LogP contribution in [0.2, 0.25) is 0 Å². The van der Waals surface area contributed by atoms with Crippen molar-refractivity contribution in [1.82, 2.24) is 0 Å². The number of carbonyl (C=O) groups is 1. The van der Waals surface area contributed by atoms with Gasteiger partial charge in [-0.25, -0.2) is 0 Å². The van der Waals surface area contributed by atoms with Gasteiger partial charge in [0.2, 0.25) is 0 Å². The van der Waals surface area contributed by atoms with Crippen LogP contribution in [0.1, 0.15) is 18.2 Å². The summed E-state index contributed by atoms with van der Waals surface area (Å²) >= 11 is 0. The predicted molar refractivity (Wildman–Crippen MR) is 70.4 cm³/mol. The van der Waals surface area contributed by atoms with E-state index in [0.717, 1.165) is 0 Å². The summed E-state index contributed by atoms with van der Waals surface area (Å²) in [7, 11) is 1.54. The van der Waals surface area contributed by atoms with E-state index >= 15 is 0 Å². The van der Waals surface area contributed by atoms with Crippen molar-refractivity contribution in [3.8, 4) is 5.75 Å². The Morgan fingerprint density at radius 3 is 2.63 bits per heavy atom. The molecule has 0 spiro atoms. The fraction of sp³-hybridized carbons (Fsp3) is 0.267. The summed E-state index contributed by atoms with van der Waals surface area (Å²) < 4.78 is 10.5. The quantitative estimate of drug-likeness (QED) is 0.898. The molecular weight excluding hydrogens is 244 g/mol. The minimum Gasteiger partial charge on any atom is -0.496 e. The van der Waals surface area contributed by atoms with Crippen LogP contribution in [0.15, 0.2) is 47.1 Å². The van der Waals surface area contributed by atoms with Crippen molar-refractivity contribution in [2.24, 2.45) is 0 Å². The summed E-state index contributed by atoms with van der Waals surface area (Å²) in [5.74, 6) is 0.295. The molecule has 1 N–H and O–H groups in total. The second-order valence-electron chi connectivity index (χ2n) is 4.59. The van der Waals surface area contributed by atoms with Crippen molar-refractivity contribution >= 4 is 5.97 Å². The van der Waals surface area contributed by atoms with E-state index in [4.69, 9.17) is 9.15 Å². The highest BCUT2D eigenvalue weighted by Gasteiger charge is 2.38. The first-order chi connectivity index (χ1) is 9.08. The topological polar surface area (TPSA) is 59.7 Å². The summed E-state index contributed by atoms with van der Waals surface area (Å²) in [4.78, 5) is 11.7. The van der Waals surface area contributed by atoms with E-state index in [1.165, 1.54) is 7.11 Å². The summed E-state index contributed by atoms with van der Waals surface area (Å²) in [6.07, 6.45) is 1.82. The third kappa shape index (κ3) is 2.47. The third-order valence-electron chi connectivity index (χ3n) is 3.28. The minimum absolute atomic E-state index is 0.274. The molecule has 0 amide bonds. The molecule has 0 aliphatic carbocycles. The van der Waals surface area contributed by atoms with Gasteiger partial charge >= 0.3 is 5.97 Å². The number of aliphatic carboxylic acids is 1. The molecule has 19 heavy (non-hydrogen) atoms. The first kappa shape index (κ1) is 13.2. The maximum Gasteiger partial charge on any atom is 0.314 e. The number of hydrogen-bond donors (Lipinski definition) is 1. The van der Waals surface area contributed by atoms with Crippen molar-refractivity contribution in [2.75, 3.05) is 7.11 Å². The van der Waals surface area contributed by atoms with E-state index in [0.29, 0.717) is 17.1 Å². The van der Waals surface area contributed by atoms with Gasteiger partial charge in [0.1, 0.15) is 16.9 Å². The fourth-order valence-electron chi connectivity index (χ4n) is 2.15. The molecule has 1 aromatic carbocycles. The van der Waals surface area contributed by atoms with Crippen molar-refractivity contribution in [1.29, 1.82) is 0 Å². The molecular formula is C15H16O4. The molecule has 1 atom stereocenters. The normalized spacial score (nSPS) is 13.8. The van der Waals surface area contributed by atoms with Crippen LogP contribution in [-0.2, 0) is 16.6 Å². The number of hydrogen-bond acceptors (Lipinski definition) is 3. The average molecular weight is 260 g/mol. The van der Waals surface area contributed by atoms with Gasteiger partial charge in [0.05, 0.1) is 13.4 Å². The molecule has 4 nitrogen and oxygen atoms in total. The van der Waals surface area contributed by atoms with Gasteiger partial charge in [-0.15, -0.1) is 0 Å². The number of furan rings is 1. The zero-order valence-electron chi connectivity index (χ0n) is 10.9. The van der Waals surface area contributed by atoms with E-state index in [1.54, 1.807) is 43.5 Å². The van der Waals surface area contributed by atoms with Crippen LogP contribution in [0.5, 0.6) is 5.75 Å². The summed E-state index contributed by atoms with van der Waals surface area (Å²) in [6, 6.07) is 10.7. The van der Waals surface area contributed by atoms with Gasteiger partial charge in [-0.3, -0.25) is 4.79 Å². The van der Waals surface area contributed by atoms with E-state index in [9.17, 15) is 9.90 Å². The Hall–Kier alpha value is -2.23. The first-order valence-electron chi connectivity index (χ1n) is 5.97.